The Bertz CT molecular complexity index is 964. The van der Waals surface area contributed by atoms with Gasteiger partial charge in [-0.15, -0.1) is 0 Å². The normalized spacial score (nSPS) is 10.4. The van der Waals surface area contributed by atoms with Gasteiger partial charge >= 0.3 is 5.97 Å². The van der Waals surface area contributed by atoms with E-state index in [1.807, 2.05) is 30.3 Å². The second-order valence-corrected chi connectivity index (χ2v) is 6.67. The second kappa shape index (κ2) is 11.1. The van der Waals surface area contributed by atoms with Crippen LogP contribution in [0.15, 0.2) is 53.0 Å². The maximum Gasteiger partial charge on any atom is 0.330 e. The molecule has 0 radical (unpaired) electrons. The van der Waals surface area contributed by atoms with Crippen molar-refractivity contribution in [1.82, 2.24) is 16.2 Å². The van der Waals surface area contributed by atoms with E-state index in [4.69, 9.17) is 17.0 Å². The van der Waals surface area contributed by atoms with Crippen molar-refractivity contribution >= 4 is 61.8 Å². The average molecular weight is 480 g/mol. The predicted octanol–water partition coefficient (Wildman–Crippen LogP) is 2.12. The molecule has 152 valence electrons. The van der Waals surface area contributed by atoms with Crippen LogP contribution in [0, 0.1) is 0 Å². The number of amides is 2. The predicted molar refractivity (Wildman–Crippen MR) is 115 cm³/mol. The summed E-state index contributed by atoms with van der Waals surface area (Å²) in [6, 6.07) is 11.4. The largest absolute Gasteiger partial charge is 0.483 e. The summed E-state index contributed by atoms with van der Waals surface area (Å²) in [5, 5.41) is 4.11. The summed E-state index contributed by atoms with van der Waals surface area (Å²) in [5.41, 5.74) is 4.66. The van der Waals surface area contributed by atoms with Gasteiger partial charge in [0.25, 0.3) is 5.91 Å². The highest BCUT2D eigenvalue weighted by molar-refractivity contribution is 9.10. The van der Waals surface area contributed by atoms with Crippen molar-refractivity contribution in [2.45, 2.75) is 6.92 Å². The Labute approximate surface area is 180 Å². The fourth-order valence-corrected chi connectivity index (χ4v) is 2.91. The highest BCUT2D eigenvalue weighted by Crippen LogP contribution is 2.32. The number of esters is 1. The highest BCUT2D eigenvalue weighted by atomic mass is 79.9. The van der Waals surface area contributed by atoms with Crippen molar-refractivity contribution in [2.75, 3.05) is 13.2 Å². The first kappa shape index (κ1) is 22.3. The van der Waals surface area contributed by atoms with Gasteiger partial charge < -0.3 is 9.47 Å². The number of ether oxygens (including phenoxy) is 2. The number of hydrazine groups is 1. The number of nitrogens with one attached hydrogen (secondary N) is 3. The summed E-state index contributed by atoms with van der Waals surface area (Å²) in [6.07, 6.45) is 1.93. The van der Waals surface area contributed by atoms with E-state index in [9.17, 15) is 14.4 Å². The van der Waals surface area contributed by atoms with Crippen LogP contribution in [0.5, 0.6) is 5.75 Å². The molecule has 0 fully saturated rings. The van der Waals surface area contributed by atoms with Gasteiger partial charge in [-0.2, -0.15) is 0 Å². The van der Waals surface area contributed by atoms with Crippen LogP contribution < -0.4 is 20.9 Å². The highest BCUT2D eigenvalue weighted by Gasteiger charge is 2.09. The molecule has 2 rings (SSSR count). The SMILES string of the molecule is CCOC(=O)C=CC(=O)NC(=S)NNC(=O)COc1ccc2ccccc2c1Br. The molecule has 0 saturated carbocycles. The third-order valence-corrected chi connectivity index (χ3v) is 4.42. The van der Waals surface area contributed by atoms with E-state index in [0.29, 0.717) is 5.75 Å². The Morgan fingerprint density at radius 3 is 2.62 bits per heavy atom. The van der Waals surface area contributed by atoms with Crippen molar-refractivity contribution in [1.29, 1.82) is 0 Å². The number of hydrogen-bond acceptors (Lipinski definition) is 6. The van der Waals surface area contributed by atoms with E-state index >= 15 is 0 Å². The number of benzene rings is 2. The van der Waals surface area contributed by atoms with Crippen LogP contribution in [-0.2, 0) is 19.1 Å². The lowest BCUT2D eigenvalue weighted by molar-refractivity contribution is -0.137. The zero-order valence-electron chi connectivity index (χ0n) is 15.4. The van der Waals surface area contributed by atoms with Crippen LogP contribution in [0.2, 0.25) is 0 Å². The van der Waals surface area contributed by atoms with Gasteiger partial charge in [0, 0.05) is 12.2 Å². The molecule has 0 aliphatic rings. The van der Waals surface area contributed by atoms with Crippen LogP contribution in [0.25, 0.3) is 10.8 Å². The maximum absolute atomic E-state index is 11.9. The van der Waals surface area contributed by atoms with E-state index in [2.05, 4.69) is 36.8 Å². The topological polar surface area (TPSA) is 106 Å². The lowest BCUT2D eigenvalue weighted by Gasteiger charge is -2.12. The molecule has 0 spiro atoms. The zero-order chi connectivity index (χ0) is 21.2. The average Bonchev–Trinajstić information content (AvgIpc) is 2.70. The minimum absolute atomic E-state index is 0.149. The van der Waals surface area contributed by atoms with Crippen molar-refractivity contribution < 1.29 is 23.9 Å². The number of halogens is 1. The van der Waals surface area contributed by atoms with E-state index < -0.39 is 17.8 Å². The van der Waals surface area contributed by atoms with Gasteiger partial charge in [0.05, 0.1) is 11.1 Å². The molecule has 0 heterocycles. The number of thiocarbonyl (C=S) groups is 1. The summed E-state index contributed by atoms with van der Waals surface area (Å²) >= 11 is 8.35. The Kier molecular flexibility index (Phi) is 8.56. The molecule has 0 bridgehead atoms. The fourth-order valence-electron chi connectivity index (χ4n) is 2.15. The third-order valence-electron chi connectivity index (χ3n) is 3.40. The smallest absolute Gasteiger partial charge is 0.330 e. The van der Waals surface area contributed by atoms with Crippen molar-refractivity contribution in [3.05, 3.63) is 53.0 Å². The molecule has 2 aromatic rings. The Hall–Kier alpha value is -2.98. The van der Waals surface area contributed by atoms with Crippen molar-refractivity contribution in [3.8, 4) is 5.75 Å². The van der Waals surface area contributed by atoms with Gasteiger partial charge in [0.2, 0.25) is 5.91 Å². The molecule has 29 heavy (non-hydrogen) atoms. The third kappa shape index (κ3) is 7.16. The van der Waals surface area contributed by atoms with Crippen molar-refractivity contribution in [3.63, 3.8) is 0 Å². The number of carbonyl (C=O) groups is 3. The second-order valence-electron chi connectivity index (χ2n) is 5.46. The van der Waals surface area contributed by atoms with Gasteiger partial charge in [0.15, 0.2) is 11.7 Å². The molecule has 0 aliphatic heterocycles. The molecular weight excluding hydrogens is 462 g/mol. The molecule has 3 N–H and O–H groups in total. The summed E-state index contributed by atoms with van der Waals surface area (Å²) in [7, 11) is 0. The van der Waals surface area contributed by atoms with Crippen LogP contribution in [-0.4, -0.2) is 36.1 Å². The standard InChI is InChI=1S/C19H18BrN3O5S/c1-2-27-17(26)10-9-15(24)21-19(29)23-22-16(25)11-28-14-8-7-12-5-3-4-6-13(12)18(14)20/h3-10H,2,11H2,1H3,(H,22,25)(H2,21,23,24,29). The number of fused-ring (bicyclic) bond motifs is 1. The Morgan fingerprint density at radius 2 is 1.86 bits per heavy atom. The monoisotopic (exact) mass is 479 g/mol. The maximum atomic E-state index is 11.9. The molecule has 0 aliphatic carbocycles. The molecule has 0 saturated heterocycles. The number of hydrogen-bond donors (Lipinski definition) is 3. The van der Waals surface area contributed by atoms with Crippen molar-refractivity contribution in [2.24, 2.45) is 0 Å². The molecule has 2 amide bonds. The fraction of sp³-hybridized carbons (Fsp3) is 0.158. The molecule has 0 atom stereocenters. The molecule has 0 unspecified atom stereocenters. The van der Waals surface area contributed by atoms with Gasteiger partial charge in [0.1, 0.15) is 5.75 Å². The van der Waals surface area contributed by atoms with Gasteiger partial charge in [-0.3, -0.25) is 25.8 Å². The quantitative estimate of drug-likeness (QED) is 0.252. The first-order chi connectivity index (χ1) is 13.9. The van der Waals surface area contributed by atoms with E-state index in [1.54, 1.807) is 13.0 Å². The number of rotatable bonds is 6. The van der Waals surface area contributed by atoms with E-state index in [-0.39, 0.29) is 18.3 Å². The zero-order valence-corrected chi connectivity index (χ0v) is 17.8. The molecule has 2 aromatic carbocycles. The van der Waals surface area contributed by atoms with Crippen LogP contribution >= 0.6 is 28.1 Å². The van der Waals surface area contributed by atoms with E-state index in [0.717, 1.165) is 27.4 Å². The molecular formula is C19H18BrN3O5S. The summed E-state index contributed by atoms with van der Waals surface area (Å²) < 4.78 is 10.9. The summed E-state index contributed by atoms with van der Waals surface area (Å²) in [6.45, 7) is 1.58. The minimum Gasteiger partial charge on any atom is -0.483 e. The molecule has 10 heteroatoms. The van der Waals surface area contributed by atoms with Crippen LogP contribution in [0.1, 0.15) is 6.92 Å². The van der Waals surface area contributed by atoms with E-state index in [1.165, 1.54) is 0 Å². The number of carbonyl (C=O) groups excluding carboxylic acids is 3. The Balaban J connectivity index is 1.77. The van der Waals surface area contributed by atoms with Crippen LogP contribution in [0.4, 0.5) is 0 Å². The lowest BCUT2D eigenvalue weighted by Crippen LogP contribution is -2.49. The van der Waals surface area contributed by atoms with Crippen LogP contribution in [0.3, 0.4) is 0 Å². The lowest BCUT2D eigenvalue weighted by atomic mass is 10.1. The van der Waals surface area contributed by atoms with Gasteiger partial charge in [-0.05, 0) is 51.9 Å². The van der Waals surface area contributed by atoms with Gasteiger partial charge in [-0.25, -0.2) is 4.79 Å². The first-order valence-electron chi connectivity index (χ1n) is 8.45. The first-order valence-corrected chi connectivity index (χ1v) is 9.65. The Morgan fingerprint density at radius 1 is 1.10 bits per heavy atom. The van der Waals surface area contributed by atoms with Gasteiger partial charge in [-0.1, -0.05) is 30.3 Å². The summed E-state index contributed by atoms with van der Waals surface area (Å²) in [4.78, 5) is 34.6. The minimum atomic E-state index is -0.652. The molecule has 8 nitrogen and oxygen atoms in total. The molecule has 0 aromatic heterocycles. The summed E-state index contributed by atoms with van der Waals surface area (Å²) in [5.74, 6) is -1.30.